The monoisotopic (exact) mass is 396 g/mol. The van der Waals surface area contributed by atoms with E-state index in [-0.39, 0.29) is 40.5 Å². The van der Waals surface area contributed by atoms with Gasteiger partial charge in [0.15, 0.2) is 11.4 Å². The first kappa shape index (κ1) is 19.4. The predicted octanol–water partition coefficient (Wildman–Crippen LogP) is 4.78. The Labute approximate surface area is 168 Å². The number of halogens is 1. The second kappa shape index (κ2) is 6.87. The Balaban J connectivity index is 1.68. The smallest absolute Gasteiger partial charge is 0.251 e. The number of carbonyl (C=O) groups excluding carboxylic acids is 2. The van der Waals surface area contributed by atoms with E-state index < -0.39 is 5.82 Å². The van der Waals surface area contributed by atoms with Gasteiger partial charge in [-0.2, -0.15) is 0 Å². The quantitative estimate of drug-likeness (QED) is 0.667. The zero-order valence-corrected chi connectivity index (χ0v) is 17.1. The van der Waals surface area contributed by atoms with Crippen molar-refractivity contribution in [3.63, 3.8) is 0 Å². The van der Waals surface area contributed by atoms with Gasteiger partial charge in [-0.05, 0) is 55.5 Å². The van der Waals surface area contributed by atoms with E-state index >= 15 is 0 Å². The van der Waals surface area contributed by atoms with Crippen LogP contribution in [0.15, 0.2) is 34.7 Å². The summed E-state index contributed by atoms with van der Waals surface area (Å²) >= 11 is 0. The van der Waals surface area contributed by atoms with E-state index in [0.29, 0.717) is 21.9 Å². The van der Waals surface area contributed by atoms with Gasteiger partial charge in [0.05, 0.1) is 0 Å². The molecule has 0 aliphatic heterocycles. The van der Waals surface area contributed by atoms with E-state index in [2.05, 4.69) is 31.4 Å². The van der Waals surface area contributed by atoms with Gasteiger partial charge in [0.2, 0.25) is 0 Å². The number of rotatable bonds is 4. The Morgan fingerprint density at radius 1 is 1.07 bits per heavy atom. The van der Waals surface area contributed by atoms with Crippen LogP contribution >= 0.6 is 0 Å². The molecule has 2 aromatic carbocycles. The summed E-state index contributed by atoms with van der Waals surface area (Å²) in [6, 6.07) is 8.05. The van der Waals surface area contributed by atoms with E-state index in [1.54, 1.807) is 24.3 Å². The zero-order valence-electron chi connectivity index (χ0n) is 17.1. The van der Waals surface area contributed by atoms with Crippen LogP contribution in [0.4, 0.5) is 4.39 Å². The molecule has 0 spiro atoms. The standard InChI is InChI=1S/C23H25FN2O3/c1-12(23(2,3)4)25-21(27)13-5-8-16-17-9-14(22(28)26-15-6-7-15)10-18(24)20(17)29-19(16)11-13/h5,8-12,15H,6-7H2,1-4H3,(H,25,27)(H,26,28). The molecule has 1 fully saturated rings. The highest BCUT2D eigenvalue weighted by atomic mass is 19.1. The van der Waals surface area contributed by atoms with Crippen LogP contribution in [0.1, 0.15) is 61.3 Å². The number of furan rings is 1. The predicted molar refractivity (Wildman–Crippen MR) is 111 cm³/mol. The topological polar surface area (TPSA) is 71.3 Å². The first-order valence-electron chi connectivity index (χ1n) is 9.91. The molecule has 152 valence electrons. The first-order chi connectivity index (χ1) is 13.6. The zero-order chi connectivity index (χ0) is 20.9. The second-order valence-electron chi connectivity index (χ2n) is 8.96. The second-order valence-corrected chi connectivity index (χ2v) is 8.96. The minimum absolute atomic E-state index is 0.0219. The summed E-state index contributed by atoms with van der Waals surface area (Å²) in [7, 11) is 0. The van der Waals surface area contributed by atoms with Gasteiger partial charge < -0.3 is 15.1 Å². The van der Waals surface area contributed by atoms with Crippen LogP contribution in [-0.4, -0.2) is 23.9 Å². The lowest BCUT2D eigenvalue weighted by Gasteiger charge is -2.28. The minimum atomic E-state index is -0.591. The van der Waals surface area contributed by atoms with Crippen LogP contribution in [0.2, 0.25) is 0 Å². The molecule has 1 saturated carbocycles. The Morgan fingerprint density at radius 2 is 1.79 bits per heavy atom. The highest BCUT2D eigenvalue weighted by Crippen LogP contribution is 2.32. The lowest BCUT2D eigenvalue weighted by Crippen LogP contribution is -2.41. The van der Waals surface area contributed by atoms with Crippen molar-refractivity contribution in [3.05, 3.63) is 47.3 Å². The van der Waals surface area contributed by atoms with E-state index in [1.807, 2.05) is 6.92 Å². The van der Waals surface area contributed by atoms with Crippen molar-refractivity contribution < 1.29 is 18.4 Å². The van der Waals surface area contributed by atoms with Crippen LogP contribution in [-0.2, 0) is 0 Å². The number of amides is 2. The normalized spacial score (nSPS) is 15.5. The molecule has 1 atom stereocenters. The Kier molecular flexibility index (Phi) is 4.60. The summed E-state index contributed by atoms with van der Waals surface area (Å²) in [4.78, 5) is 24.9. The van der Waals surface area contributed by atoms with Gasteiger partial charge in [-0.25, -0.2) is 4.39 Å². The third-order valence-corrected chi connectivity index (χ3v) is 5.61. The Hall–Kier alpha value is -2.89. The molecule has 4 rings (SSSR count). The summed E-state index contributed by atoms with van der Waals surface area (Å²) < 4.78 is 20.3. The molecule has 0 saturated heterocycles. The summed E-state index contributed by atoms with van der Waals surface area (Å²) in [6.45, 7) is 8.13. The SMILES string of the molecule is CC(NC(=O)c1ccc2c(c1)oc1c(F)cc(C(=O)NC3CC3)cc12)C(C)(C)C. The molecule has 5 nitrogen and oxygen atoms in total. The van der Waals surface area contributed by atoms with Crippen LogP contribution in [0, 0.1) is 11.2 Å². The van der Waals surface area contributed by atoms with Gasteiger partial charge in [0.1, 0.15) is 5.58 Å². The Morgan fingerprint density at radius 3 is 2.45 bits per heavy atom. The van der Waals surface area contributed by atoms with Gasteiger partial charge >= 0.3 is 0 Å². The first-order valence-corrected chi connectivity index (χ1v) is 9.91. The number of hydrogen-bond donors (Lipinski definition) is 2. The van der Waals surface area contributed by atoms with Crippen LogP contribution in [0.5, 0.6) is 0 Å². The molecular weight excluding hydrogens is 371 g/mol. The number of hydrogen-bond acceptors (Lipinski definition) is 3. The fourth-order valence-electron chi connectivity index (χ4n) is 3.10. The van der Waals surface area contributed by atoms with Crippen molar-refractivity contribution in [2.45, 2.75) is 52.6 Å². The number of nitrogens with one attached hydrogen (secondary N) is 2. The Bertz CT molecular complexity index is 1120. The van der Waals surface area contributed by atoms with Crippen molar-refractivity contribution in [2.24, 2.45) is 5.41 Å². The molecule has 6 heteroatoms. The van der Waals surface area contributed by atoms with E-state index in [4.69, 9.17) is 4.42 Å². The molecule has 29 heavy (non-hydrogen) atoms. The molecule has 3 aromatic rings. The van der Waals surface area contributed by atoms with Crippen molar-refractivity contribution in [2.75, 3.05) is 0 Å². The molecule has 0 radical (unpaired) electrons. The molecule has 2 N–H and O–H groups in total. The third kappa shape index (κ3) is 3.84. The lowest BCUT2D eigenvalue weighted by molar-refractivity contribution is 0.0908. The molecule has 1 aromatic heterocycles. The number of fused-ring (bicyclic) bond motifs is 3. The molecular formula is C23H25FN2O3. The van der Waals surface area contributed by atoms with Crippen LogP contribution in [0.3, 0.4) is 0 Å². The van der Waals surface area contributed by atoms with Gasteiger partial charge in [0.25, 0.3) is 11.8 Å². The maximum Gasteiger partial charge on any atom is 0.251 e. The average Bonchev–Trinajstić information content (AvgIpc) is 3.38. The molecule has 2 amide bonds. The molecule has 0 bridgehead atoms. The molecule has 1 heterocycles. The van der Waals surface area contributed by atoms with Crippen LogP contribution in [0.25, 0.3) is 21.9 Å². The fourth-order valence-corrected chi connectivity index (χ4v) is 3.10. The van der Waals surface area contributed by atoms with E-state index in [9.17, 15) is 14.0 Å². The fraction of sp³-hybridized carbons (Fsp3) is 0.391. The van der Waals surface area contributed by atoms with Crippen LogP contribution < -0.4 is 10.6 Å². The minimum Gasteiger partial charge on any atom is -0.453 e. The molecule has 1 unspecified atom stereocenters. The highest BCUT2D eigenvalue weighted by Gasteiger charge is 2.25. The summed E-state index contributed by atoms with van der Waals surface area (Å²) in [6.07, 6.45) is 1.92. The van der Waals surface area contributed by atoms with Crippen molar-refractivity contribution in [3.8, 4) is 0 Å². The van der Waals surface area contributed by atoms with Gasteiger partial charge in [-0.15, -0.1) is 0 Å². The lowest BCUT2D eigenvalue weighted by atomic mass is 9.88. The molecule has 1 aliphatic rings. The summed E-state index contributed by atoms with van der Waals surface area (Å²) in [5.41, 5.74) is 1.14. The van der Waals surface area contributed by atoms with Crippen molar-refractivity contribution >= 4 is 33.8 Å². The number of carbonyl (C=O) groups is 2. The van der Waals surface area contributed by atoms with Gasteiger partial charge in [-0.1, -0.05) is 20.8 Å². The van der Waals surface area contributed by atoms with E-state index in [1.165, 1.54) is 6.07 Å². The van der Waals surface area contributed by atoms with Gasteiger partial charge in [0, 0.05) is 34.0 Å². The largest absolute Gasteiger partial charge is 0.453 e. The van der Waals surface area contributed by atoms with Crippen molar-refractivity contribution in [1.82, 2.24) is 10.6 Å². The molecule has 1 aliphatic carbocycles. The third-order valence-electron chi connectivity index (χ3n) is 5.61. The van der Waals surface area contributed by atoms with Gasteiger partial charge in [-0.3, -0.25) is 9.59 Å². The summed E-state index contributed by atoms with van der Waals surface area (Å²) in [5, 5.41) is 7.05. The maximum absolute atomic E-state index is 14.6. The number of benzene rings is 2. The van der Waals surface area contributed by atoms with Crippen molar-refractivity contribution in [1.29, 1.82) is 0 Å². The summed E-state index contributed by atoms with van der Waals surface area (Å²) in [5.74, 6) is -1.08. The van der Waals surface area contributed by atoms with E-state index in [0.717, 1.165) is 12.8 Å². The average molecular weight is 396 g/mol. The maximum atomic E-state index is 14.6. The highest BCUT2D eigenvalue weighted by molar-refractivity contribution is 6.10.